The lowest BCUT2D eigenvalue weighted by atomic mass is 9.92. The van der Waals surface area contributed by atoms with E-state index in [4.69, 9.17) is 4.74 Å². The van der Waals surface area contributed by atoms with Crippen LogP contribution in [0.4, 0.5) is 11.9 Å². The summed E-state index contributed by atoms with van der Waals surface area (Å²) in [6.07, 6.45) is 4.36. The van der Waals surface area contributed by atoms with E-state index in [1.807, 2.05) is 13.8 Å². The van der Waals surface area contributed by atoms with E-state index in [2.05, 4.69) is 25.2 Å². The zero-order chi connectivity index (χ0) is 15.1. The Morgan fingerprint density at radius 1 is 1.29 bits per heavy atom. The van der Waals surface area contributed by atoms with Gasteiger partial charge < -0.3 is 20.1 Å². The van der Waals surface area contributed by atoms with Crippen LogP contribution in [0.15, 0.2) is 0 Å². The number of rotatable bonds is 9. The average molecular weight is 295 g/mol. The predicted octanol–water partition coefficient (Wildman–Crippen LogP) is 1.44. The van der Waals surface area contributed by atoms with Gasteiger partial charge in [-0.2, -0.15) is 15.0 Å². The van der Waals surface area contributed by atoms with E-state index in [-0.39, 0.29) is 6.61 Å². The van der Waals surface area contributed by atoms with Gasteiger partial charge >= 0.3 is 6.01 Å². The third-order valence-corrected chi connectivity index (χ3v) is 3.49. The van der Waals surface area contributed by atoms with Crippen LogP contribution in [0.3, 0.4) is 0 Å². The molecule has 0 bridgehead atoms. The summed E-state index contributed by atoms with van der Waals surface area (Å²) in [5.41, 5.74) is 0. The van der Waals surface area contributed by atoms with Crippen molar-refractivity contribution in [1.82, 2.24) is 15.0 Å². The number of aliphatic hydroxyl groups excluding tert-OH is 1. The monoisotopic (exact) mass is 295 g/mol. The van der Waals surface area contributed by atoms with Crippen molar-refractivity contribution in [2.45, 2.75) is 45.6 Å². The minimum Gasteiger partial charge on any atom is -0.463 e. The summed E-state index contributed by atoms with van der Waals surface area (Å²) in [6.45, 7) is 5.98. The van der Waals surface area contributed by atoms with Crippen molar-refractivity contribution < 1.29 is 9.84 Å². The van der Waals surface area contributed by atoms with Gasteiger partial charge in [-0.3, -0.25) is 0 Å². The van der Waals surface area contributed by atoms with Gasteiger partial charge in [0.25, 0.3) is 0 Å². The summed E-state index contributed by atoms with van der Waals surface area (Å²) in [5.74, 6) is 1.11. The summed E-state index contributed by atoms with van der Waals surface area (Å²) >= 11 is 0. The topological polar surface area (TPSA) is 83.4 Å². The maximum atomic E-state index is 9.29. The summed E-state index contributed by atoms with van der Waals surface area (Å²) in [7, 11) is 0. The molecule has 0 amide bonds. The van der Waals surface area contributed by atoms with E-state index in [9.17, 15) is 5.11 Å². The highest BCUT2D eigenvalue weighted by Gasteiger charge is 2.27. The molecule has 1 heterocycles. The van der Waals surface area contributed by atoms with Gasteiger partial charge in [-0.15, -0.1) is 0 Å². The van der Waals surface area contributed by atoms with Crippen LogP contribution in [-0.4, -0.2) is 52.4 Å². The van der Waals surface area contributed by atoms with Crippen LogP contribution in [0, 0.1) is 0 Å². The lowest BCUT2D eigenvalue weighted by Crippen LogP contribution is -2.43. The van der Waals surface area contributed by atoms with Gasteiger partial charge in [0, 0.05) is 19.1 Å². The van der Waals surface area contributed by atoms with Gasteiger partial charge in [0.2, 0.25) is 11.9 Å². The first-order valence-corrected chi connectivity index (χ1v) is 7.78. The molecule has 7 nitrogen and oxygen atoms in total. The van der Waals surface area contributed by atoms with E-state index in [0.717, 1.165) is 25.8 Å². The molecule has 0 aromatic carbocycles. The Morgan fingerprint density at radius 2 is 2.10 bits per heavy atom. The fourth-order valence-corrected chi connectivity index (χ4v) is 2.22. The second-order valence-corrected chi connectivity index (χ2v) is 5.12. The van der Waals surface area contributed by atoms with Crippen molar-refractivity contribution in [3.63, 3.8) is 0 Å². The molecule has 1 fully saturated rings. The van der Waals surface area contributed by atoms with Crippen molar-refractivity contribution in [3.05, 3.63) is 0 Å². The highest BCUT2D eigenvalue weighted by atomic mass is 16.5. The van der Waals surface area contributed by atoms with Crippen LogP contribution in [0.5, 0.6) is 6.01 Å². The van der Waals surface area contributed by atoms with E-state index in [1.165, 1.54) is 6.42 Å². The molecule has 1 aliphatic rings. The van der Waals surface area contributed by atoms with Gasteiger partial charge in [-0.25, -0.2) is 0 Å². The Bertz CT molecular complexity index is 439. The van der Waals surface area contributed by atoms with Crippen molar-refractivity contribution in [3.8, 4) is 6.01 Å². The third kappa shape index (κ3) is 4.17. The van der Waals surface area contributed by atoms with Crippen molar-refractivity contribution in [2.24, 2.45) is 0 Å². The summed E-state index contributed by atoms with van der Waals surface area (Å²) in [5, 5.41) is 12.4. The zero-order valence-corrected chi connectivity index (χ0v) is 12.9. The second-order valence-electron chi connectivity index (χ2n) is 5.12. The number of aromatic nitrogens is 3. The molecule has 0 saturated heterocycles. The van der Waals surface area contributed by atoms with Gasteiger partial charge in [-0.05, 0) is 32.6 Å². The molecule has 0 unspecified atom stereocenters. The molecule has 1 aromatic rings. The lowest BCUT2D eigenvalue weighted by molar-refractivity contribution is 0.277. The zero-order valence-electron chi connectivity index (χ0n) is 12.9. The number of hydrogen-bond acceptors (Lipinski definition) is 7. The molecule has 7 heteroatoms. The first-order chi connectivity index (χ1) is 10.3. The van der Waals surface area contributed by atoms with Crippen molar-refractivity contribution in [1.29, 1.82) is 0 Å². The third-order valence-electron chi connectivity index (χ3n) is 3.49. The largest absolute Gasteiger partial charge is 0.463 e. The molecular formula is C14H25N5O2. The lowest BCUT2D eigenvalue weighted by Gasteiger charge is -2.37. The van der Waals surface area contributed by atoms with Crippen LogP contribution >= 0.6 is 0 Å². The Balaban J connectivity index is 2.22. The number of ether oxygens (including phenoxy) is 1. The number of aliphatic hydroxyl groups is 1. The minimum absolute atomic E-state index is 0.0872. The second kappa shape index (κ2) is 7.97. The number of nitrogens with one attached hydrogen (secondary N) is 1. The molecule has 1 aromatic heterocycles. The molecule has 0 spiro atoms. The SMILES string of the molecule is CCCOc1nc(NCC)nc(N(CCO)C2CCC2)n1. The highest BCUT2D eigenvalue weighted by molar-refractivity contribution is 5.40. The van der Waals surface area contributed by atoms with Gasteiger partial charge in [0.05, 0.1) is 13.2 Å². The molecule has 0 radical (unpaired) electrons. The molecule has 1 saturated carbocycles. The molecule has 21 heavy (non-hydrogen) atoms. The Hall–Kier alpha value is -1.63. The Morgan fingerprint density at radius 3 is 2.67 bits per heavy atom. The van der Waals surface area contributed by atoms with Gasteiger partial charge in [0.1, 0.15) is 0 Å². The Labute approximate surface area is 125 Å². The smallest absolute Gasteiger partial charge is 0.323 e. The van der Waals surface area contributed by atoms with Crippen LogP contribution < -0.4 is 15.0 Å². The molecule has 0 atom stereocenters. The molecule has 2 N–H and O–H groups in total. The predicted molar refractivity (Wildman–Crippen MR) is 81.8 cm³/mol. The average Bonchev–Trinajstić information content (AvgIpc) is 2.43. The summed E-state index contributed by atoms with van der Waals surface area (Å²) in [6, 6.07) is 0.758. The van der Waals surface area contributed by atoms with Gasteiger partial charge in [-0.1, -0.05) is 6.92 Å². The first-order valence-electron chi connectivity index (χ1n) is 7.78. The standard InChI is InChI=1S/C14H25N5O2/c1-3-10-21-14-17-12(15-4-2)16-13(18-14)19(8-9-20)11-6-5-7-11/h11,20H,3-10H2,1-2H3,(H,15,16,17,18). The van der Waals surface area contributed by atoms with Crippen molar-refractivity contribution >= 4 is 11.9 Å². The van der Waals surface area contributed by atoms with E-state index in [1.54, 1.807) is 0 Å². The minimum atomic E-state index is 0.0872. The maximum Gasteiger partial charge on any atom is 0.323 e. The van der Waals surface area contributed by atoms with Crippen LogP contribution in [0.25, 0.3) is 0 Å². The molecule has 0 aliphatic heterocycles. The van der Waals surface area contributed by atoms with Crippen LogP contribution in [0.2, 0.25) is 0 Å². The fraction of sp³-hybridized carbons (Fsp3) is 0.786. The van der Waals surface area contributed by atoms with E-state index >= 15 is 0 Å². The normalized spacial score (nSPS) is 14.6. The van der Waals surface area contributed by atoms with E-state index < -0.39 is 0 Å². The number of anilines is 2. The van der Waals surface area contributed by atoms with Crippen LogP contribution in [0.1, 0.15) is 39.5 Å². The quantitative estimate of drug-likeness (QED) is 0.713. The maximum absolute atomic E-state index is 9.29. The fourth-order valence-electron chi connectivity index (χ4n) is 2.22. The molecule has 2 rings (SSSR count). The van der Waals surface area contributed by atoms with Crippen LogP contribution in [-0.2, 0) is 0 Å². The van der Waals surface area contributed by atoms with Gasteiger partial charge in [0.15, 0.2) is 0 Å². The summed E-state index contributed by atoms with van der Waals surface area (Å²) < 4.78 is 5.55. The van der Waals surface area contributed by atoms with Crippen molar-refractivity contribution in [2.75, 3.05) is 36.5 Å². The molecule has 1 aliphatic carbocycles. The first kappa shape index (κ1) is 15.8. The van der Waals surface area contributed by atoms with E-state index in [0.29, 0.717) is 37.1 Å². The molecule has 118 valence electrons. The number of hydrogen-bond donors (Lipinski definition) is 2. The summed E-state index contributed by atoms with van der Waals surface area (Å²) in [4.78, 5) is 15.2. The highest BCUT2D eigenvalue weighted by Crippen LogP contribution is 2.28. The molecular weight excluding hydrogens is 270 g/mol. The number of nitrogens with zero attached hydrogens (tertiary/aromatic N) is 4. The Kier molecular flexibility index (Phi) is 5.98.